The van der Waals surface area contributed by atoms with Crippen LogP contribution in [0.4, 0.5) is 10.1 Å². The van der Waals surface area contributed by atoms with Crippen molar-refractivity contribution in [3.63, 3.8) is 0 Å². The van der Waals surface area contributed by atoms with E-state index in [-0.39, 0.29) is 11.9 Å². The number of anilines is 1. The third-order valence-corrected chi connectivity index (χ3v) is 5.17. The maximum atomic E-state index is 14.2. The molecule has 29 heavy (non-hydrogen) atoms. The Morgan fingerprint density at radius 3 is 2.66 bits per heavy atom. The molecule has 0 radical (unpaired) electrons. The minimum absolute atomic E-state index is 0.174. The predicted molar refractivity (Wildman–Crippen MR) is 116 cm³/mol. The van der Waals surface area contributed by atoms with Gasteiger partial charge < -0.3 is 20.0 Å². The van der Waals surface area contributed by atoms with Crippen molar-refractivity contribution in [2.75, 3.05) is 45.2 Å². The van der Waals surface area contributed by atoms with Crippen LogP contribution in [0.5, 0.6) is 0 Å². The van der Waals surface area contributed by atoms with Gasteiger partial charge in [0.1, 0.15) is 11.6 Å². The van der Waals surface area contributed by atoms with Crippen LogP contribution in [-0.2, 0) is 6.54 Å². The van der Waals surface area contributed by atoms with Crippen molar-refractivity contribution < 1.29 is 8.81 Å². The fourth-order valence-corrected chi connectivity index (χ4v) is 3.66. The summed E-state index contributed by atoms with van der Waals surface area (Å²) in [7, 11) is 3.67. The summed E-state index contributed by atoms with van der Waals surface area (Å²) >= 11 is 0. The van der Waals surface area contributed by atoms with E-state index < -0.39 is 0 Å². The average Bonchev–Trinajstić information content (AvgIpc) is 3.40. The molecule has 1 aliphatic rings. The van der Waals surface area contributed by atoms with Crippen LogP contribution in [0.25, 0.3) is 0 Å². The fourth-order valence-electron chi connectivity index (χ4n) is 3.66. The molecule has 3 rings (SSSR count). The summed E-state index contributed by atoms with van der Waals surface area (Å²) in [5.74, 6) is 1.46. The molecule has 0 bridgehead atoms. The molecule has 1 unspecified atom stereocenters. The summed E-state index contributed by atoms with van der Waals surface area (Å²) in [5.41, 5.74) is 1.42. The molecule has 2 heterocycles. The van der Waals surface area contributed by atoms with E-state index in [0.29, 0.717) is 18.8 Å². The number of nitrogens with zero attached hydrogens (tertiary/aromatic N) is 3. The molecule has 2 aromatic rings. The second-order valence-electron chi connectivity index (χ2n) is 7.53. The number of rotatable bonds is 8. The topological polar surface area (TPSA) is 56.0 Å². The number of hydrogen-bond acceptors (Lipinski definition) is 4. The minimum Gasteiger partial charge on any atom is -0.468 e. The fraction of sp³-hybridized carbons (Fsp3) is 0.500. The van der Waals surface area contributed by atoms with E-state index in [1.54, 1.807) is 23.3 Å². The number of guanidine groups is 1. The first kappa shape index (κ1) is 21.2. The Kier molecular flexibility index (Phi) is 7.52. The van der Waals surface area contributed by atoms with Gasteiger partial charge >= 0.3 is 0 Å². The number of aliphatic imine (C=N–C) groups is 1. The monoisotopic (exact) mass is 401 g/mol. The number of hydrogen-bond donors (Lipinski definition) is 2. The van der Waals surface area contributed by atoms with Gasteiger partial charge in [0.05, 0.1) is 24.5 Å². The summed E-state index contributed by atoms with van der Waals surface area (Å²) in [6.07, 6.45) is 4.17. The van der Waals surface area contributed by atoms with Gasteiger partial charge in [0.25, 0.3) is 0 Å². The molecule has 1 aromatic carbocycles. The van der Waals surface area contributed by atoms with Gasteiger partial charge in [-0.2, -0.15) is 0 Å². The van der Waals surface area contributed by atoms with Crippen molar-refractivity contribution in [2.24, 2.45) is 4.99 Å². The zero-order valence-electron chi connectivity index (χ0n) is 17.6. The summed E-state index contributed by atoms with van der Waals surface area (Å²) in [6, 6.07) is 9.40. The van der Waals surface area contributed by atoms with Crippen molar-refractivity contribution in [2.45, 2.75) is 32.4 Å². The van der Waals surface area contributed by atoms with Crippen LogP contribution in [0.3, 0.4) is 0 Å². The Labute approximate surface area is 172 Å². The molecule has 2 N–H and O–H groups in total. The maximum Gasteiger partial charge on any atom is 0.191 e. The second-order valence-corrected chi connectivity index (χ2v) is 7.53. The van der Waals surface area contributed by atoms with Crippen LogP contribution in [0.1, 0.15) is 37.1 Å². The molecule has 0 saturated carbocycles. The highest BCUT2D eigenvalue weighted by Gasteiger charge is 2.25. The Bertz CT molecular complexity index is 785. The van der Waals surface area contributed by atoms with Gasteiger partial charge in [0, 0.05) is 27.2 Å². The highest BCUT2D eigenvalue weighted by Crippen LogP contribution is 2.25. The highest BCUT2D eigenvalue weighted by atomic mass is 19.1. The van der Waals surface area contributed by atoms with E-state index in [2.05, 4.69) is 20.5 Å². The van der Waals surface area contributed by atoms with Crippen molar-refractivity contribution in [1.29, 1.82) is 0 Å². The lowest BCUT2D eigenvalue weighted by Gasteiger charge is -2.26. The van der Waals surface area contributed by atoms with Crippen LogP contribution in [0.15, 0.2) is 46.0 Å². The van der Waals surface area contributed by atoms with Crippen LogP contribution in [0, 0.1) is 5.82 Å². The maximum absolute atomic E-state index is 14.2. The first-order valence-corrected chi connectivity index (χ1v) is 10.3. The van der Waals surface area contributed by atoms with Gasteiger partial charge in [-0.05, 0) is 62.7 Å². The van der Waals surface area contributed by atoms with Gasteiger partial charge in [-0.3, -0.25) is 4.90 Å². The largest absolute Gasteiger partial charge is 0.468 e. The van der Waals surface area contributed by atoms with Gasteiger partial charge in [0.15, 0.2) is 5.96 Å². The molecule has 1 atom stereocenters. The summed E-state index contributed by atoms with van der Waals surface area (Å²) in [6.45, 7) is 6.07. The molecule has 0 spiro atoms. The first-order valence-electron chi connectivity index (χ1n) is 10.3. The SMILES string of the molecule is CCNC(=NCc1ccc(N(C)C)c(F)c1)NCC(c1ccco1)N1CCCC1. The first-order chi connectivity index (χ1) is 14.1. The predicted octanol–water partition coefficient (Wildman–Crippen LogP) is 3.38. The Balaban J connectivity index is 1.66. The average molecular weight is 402 g/mol. The number of nitrogens with one attached hydrogen (secondary N) is 2. The van der Waals surface area contributed by atoms with Crippen LogP contribution in [-0.4, -0.2) is 51.1 Å². The molecular formula is C22H32FN5O. The zero-order chi connectivity index (χ0) is 20.6. The third kappa shape index (κ3) is 5.73. The Morgan fingerprint density at radius 2 is 2.03 bits per heavy atom. The number of halogens is 1. The van der Waals surface area contributed by atoms with Crippen molar-refractivity contribution in [3.05, 3.63) is 53.7 Å². The van der Waals surface area contributed by atoms with Crippen molar-refractivity contribution >= 4 is 11.6 Å². The number of likely N-dealkylation sites (tertiary alicyclic amines) is 1. The summed E-state index contributed by atoms with van der Waals surface area (Å²) in [4.78, 5) is 8.86. The van der Waals surface area contributed by atoms with Gasteiger partial charge in [0.2, 0.25) is 0 Å². The molecule has 0 aliphatic carbocycles. The van der Waals surface area contributed by atoms with E-state index in [1.165, 1.54) is 12.8 Å². The molecule has 1 aliphatic heterocycles. The van der Waals surface area contributed by atoms with E-state index in [1.807, 2.05) is 39.2 Å². The number of furan rings is 1. The number of benzene rings is 1. The Hall–Kier alpha value is -2.54. The molecular weight excluding hydrogens is 369 g/mol. The molecule has 158 valence electrons. The van der Waals surface area contributed by atoms with Crippen LogP contribution in [0.2, 0.25) is 0 Å². The standard InChI is InChI=1S/C22H32FN5O/c1-4-24-22(25-15-17-9-10-19(27(2)3)18(23)14-17)26-16-20(21-8-7-13-29-21)28-11-5-6-12-28/h7-10,13-14,20H,4-6,11-12,15-16H2,1-3H3,(H2,24,25,26). The normalized spacial score (nSPS) is 16.1. The molecule has 7 heteroatoms. The third-order valence-electron chi connectivity index (χ3n) is 5.17. The van der Waals surface area contributed by atoms with Crippen molar-refractivity contribution in [1.82, 2.24) is 15.5 Å². The molecule has 1 saturated heterocycles. The van der Waals surface area contributed by atoms with Gasteiger partial charge in [-0.25, -0.2) is 9.38 Å². The zero-order valence-corrected chi connectivity index (χ0v) is 17.6. The van der Waals surface area contributed by atoms with Gasteiger partial charge in [-0.15, -0.1) is 0 Å². The molecule has 0 amide bonds. The smallest absolute Gasteiger partial charge is 0.191 e. The van der Waals surface area contributed by atoms with Crippen molar-refractivity contribution in [3.8, 4) is 0 Å². The van der Waals surface area contributed by atoms with E-state index in [4.69, 9.17) is 4.42 Å². The van der Waals surface area contributed by atoms with E-state index in [0.717, 1.165) is 36.9 Å². The van der Waals surface area contributed by atoms with Gasteiger partial charge in [-0.1, -0.05) is 6.07 Å². The second kappa shape index (κ2) is 10.3. The van der Waals surface area contributed by atoms with E-state index >= 15 is 0 Å². The Morgan fingerprint density at radius 1 is 1.24 bits per heavy atom. The van der Waals surface area contributed by atoms with Crippen LogP contribution >= 0.6 is 0 Å². The minimum atomic E-state index is -0.229. The lowest BCUT2D eigenvalue weighted by Crippen LogP contribution is -2.42. The summed E-state index contributed by atoms with van der Waals surface area (Å²) in [5, 5.41) is 6.71. The summed E-state index contributed by atoms with van der Waals surface area (Å²) < 4.78 is 19.9. The van der Waals surface area contributed by atoms with Crippen LogP contribution < -0.4 is 15.5 Å². The molecule has 1 fully saturated rings. The lowest BCUT2D eigenvalue weighted by molar-refractivity contribution is 0.215. The van der Waals surface area contributed by atoms with E-state index in [9.17, 15) is 4.39 Å². The molecule has 6 nitrogen and oxygen atoms in total. The highest BCUT2D eigenvalue weighted by molar-refractivity contribution is 5.79. The lowest BCUT2D eigenvalue weighted by atomic mass is 10.2. The molecule has 1 aromatic heterocycles. The quantitative estimate of drug-likeness (QED) is 0.525.